The minimum Gasteiger partial charge on any atom is -0.481 e. The third-order valence-electron chi connectivity index (χ3n) is 13.0. The van der Waals surface area contributed by atoms with E-state index in [1.54, 1.807) is 25.5 Å². The Morgan fingerprint density at radius 1 is 1.13 bits per heavy atom. The smallest absolute Gasteiger partial charge is 0.410 e. The molecule has 4 rings (SSSR count). The number of aryl methyl sites for hydroxylation is 1. The Balaban J connectivity index is 1.48. The minimum absolute atomic E-state index is 0.0598. The number of unbranched alkanes of at least 4 members (excludes halogenated alkanes) is 1. The summed E-state index contributed by atoms with van der Waals surface area (Å²) in [7, 11) is 1.49. The van der Waals surface area contributed by atoms with Crippen molar-refractivity contribution in [3.63, 3.8) is 0 Å². The number of carbonyl (C=O) groups excluding carboxylic acids is 2. The van der Waals surface area contributed by atoms with Crippen molar-refractivity contribution >= 4 is 29.5 Å². The molecular formula is C44H71N7O11. The second-order valence-corrected chi connectivity index (χ2v) is 18.0. The number of nitrogens with one attached hydrogen (secondary N) is 2. The predicted molar refractivity (Wildman–Crippen MR) is 231 cm³/mol. The number of carboxylic acids is 2. The highest BCUT2D eigenvalue weighted by Gasteiger charge is 2.55. The van der Waals surface area contributed by atoms with Gasteiger partial charge in [-0.3, -0.25) is 24.0 Å². The molecule has 1 aromatic heterocycles. The molecule has 0 aliphatic carbocycles. The van der Waals surface area contributed by atoms with Gasteiger partial charge < -0.3 is 50.6 Å². The van der Waals surface area contributed by atoms with E-state index in [4.69, 9.17) is 24.7 Å². The fourth-order valence-corrected chi connectivity index (χ4v) is 9.08. The predicted octanol–water partition coefficient (Wildman–Crippen LogP) is 4.19. The van der Waals surface area contributed by atoms with Gasteiger partial charge in [0.2, 0.25) is 0 Å². The van der Waals surface area contributed by atoms with Crippen LogP contribution in [-0.4, -0.2) is 140 Å². The molecule has 18 heteroatoms. The Hall–Kier alpha value is -4.20. The lowest BCUT2D eigenvalue weighted by Gasteiger charge is -2.46. The zero-order chi connectivity index (χ0) is 46.1. The summed E-state index contributed by atoms with van der Waals surface area (Å²) in [5.74, 6) is -5.36. The van der Waals surface area contributed by atoms with E-state index in [2.05, 4.69) is 34.8 Å². The van der Waals surface area contributed by atoms with E-state index in [0.29, 0.717) is 44.6 Å². The van der Waals surface area contributed by atoms with Crippen LogP contribution in [0.2, 0.25) is 0 Å². The van der Waals surface area contributed by atoms with Crippen molar-refractivity contribution < 1.29 is 53.4 Å². The number of methoxy groups -OCH3 is 1. The number of hydrogen-bond donors (Lipinski definition) is 6. The topological polar surface area (TPSA) is 250 Å². The lowest BCUT2D eigenvalue weighted by molar-refractivity contribution is -0.290. The second kappa shape index (κ2) is 21.9. The lowest BCUT2D eigenvalue weighted by atomic mass is 9.78. The second-order valence-electron chi connectivity index (χ2n) is 18.0. The number of hydrogen-bond acceptors (Lipinski definition) is 14. The number of aliphatic hydroxyl groups excluding tert-OH is 1. The molecule has 1 amide bonds. The fraction of sp³-hybridized carbons (Fsp3) is 0.727. The molecule has 348 valence electrons. The number of aliphatic carboxylic acids is 2. The number of carboxylic acid groups (broad SMARTS) is 2. The molecule has 18 nitrogen and oxygen atoms in total. The summed E-state index contributed by atoms with van der Waals surface area (Å²) in [5.41, 5.74) is 6.25. The van der Waals surface area contributed by atoms with Gasteiger partial charge in [0.15, 0.2) is 12.1 Å². The van der Waals surface area contributed by atoms with Gasteiger partial charge in [0.25, 0.3) is 0 Å². The van der Waals surface area contributed by atoms with Crippen molar-refractivity contribution in [1.29, 1.82) is 0 Å². The van der Waals surface area contributed by atoms with E-state index >= 15 is 0 Å². The number of aromatic nitrogens is 3. The summed E-state index contributed by atoms with van der Waals surface area (Å²) < 4.78 is 26.7. The van der Waals surface area contributed by atoms with E-state index in [-0.39, 0.29) is 36.6 Å². The molecule has 0 saturated carbocycles. The van der Waals surface area contributed by atoms with Gasteiger partial charge in [0, 0.05) is 49.5 Å². The number of ketones is 1. The first-order valence-corrected chi connectivity index (χ1v) is 21.9. The van der Waals surface area contributed by atoms with Crippen LogP contribution in [0.3, 0.4) is 0 Å². The third-order valence-corrected chi connectivity index (χ3v) is 13.0. The van der Waals surface area contributed by atoms with Gasteiger partial charge in [-0.05, 0) is 97.2 Å². The molecule has 2 aliphatic rings. The normalized spacial score (nSPS) is 26.8. The summed E-state index contributed by atoms with van der Waals surface area (Å²) in [4.78, 5) is 52.3. The molecule has 7 N–H and O–H groups in total. The minimum atomic E-state index is -1.34. The third kappa shape index (κ3) is 12.3. The van der Waals surface area contributed by atoms with Crippen molar-refractivity contribution in [1.82, 2.24) is 30.5 Å². The number of anilines is 1. The first-order valence-electron chi connectivity index (χ1n) is 21.9. The van der Waals surface area contributed by atoms with Crippen LogP contribution in [0.25, 0.3) is 11.3 Å². The first-order chi connectivity index (χ1) is 29.1. The highest BCUT2D eigenvalue weighted by atomic mass is 16.7. The maximum absolute atomic E-state index is 13.6. The van der Waals surface area contributed by atoms with Crippen LogP contribution >= 0.6 is 0 Å². The van der Waals surface area contributed by atoms with Crippen LogP contribution in [0.5, 0.6) is 0 Å². The van der Waals surface area contributed by atoms with Gasteiger partial charge in [-0.15, -0.1) is 5.10 Å². The molecule has 1 aromatic carbocycles. The lowest BCUT2D eigenvalue weighted by Crippen LogP contribution is -2.60. The van der Waals surface area contributed by atoms with Gasteiger partial charge in [-0.25, -0.2) is 4.79 Å². The van der Waals surface area contributed by atoms with Gasteiger partial charge >= 0.3 is 18.0 Å². The summed E-state index contributed by atoms with van der Waals surface area (Å²) in [6, 6.07) is 6.30. The van der Waals surface area contributed by atoms with E-state index in [1.165, 1.54) is 14.0 Å². The quantitative estimate of drug-likeness (QED) is 0.0465. The van der Waals surface area contributed by atoms with Crippen LogP contribution < -0.4 is 16.4 Å². The number of carbonyl (C=O) groups is 4. The molecule has 3 heterocycles. The summed E-state index contributed by atoms with van der Waals surface area (Å²) in [6.07, 6.45) is 0.337. The maximum Gasteiger partial charge on any atom is 0.410 e. The number of benzene rings is 1. The van der Waals surface area contributed by atoms with Crippen LogP contribution in [0, 0.1) is 23.7 Å². The number of amides is 1. The molecule has 2 fully saturated rings. The Kier molecular flexibility index (Phi) is 17.8. The fourth-order valence-electron chi connectivity index (χ4n) is 9.08. The Morgan fingerprint density at radius 3 is 2.45 bits per heavy atom. The molecule has 0 radical (unpaired) electrons. The van der Waals surface area contributed by atoms with Crippen molar-refractivity contribution in [2.45, 2.75) is 155 Å². The molecule has 0 spiro atoms. The number of nitrogens with two attached hydrogens (primary N) is 1. The first kappa shape index (κ1) is 50.4. The van der Waals surface area contributed by atoms with Crippen molar-refractivity contribution in [3.05, 3.63) is 30.5 Å². The highest BCUT2D eigenvalue weighted by molar-refractivity contribution is 5.99. The number of cyclic esters (lactones) is 1. The van der Waals surface area contributed by atoms with E-state index in [0.717, 1.165) is 24.1 Å². The van der Waals surface area contributed by atoms with E-state index < -0.39 is 71.4 Å². The van der Waals surface area contributed by atoms with Crippen molar-refractivity contribution in [2.24, 2.45) is 23.7 Å². The van der Waals surface area contributed by atoms with E-state index in [1.807, 2.05) is 56.1 Å². The van der Waals surface area contributed by atoms with Gasteiger partial charge in [0.05, 0.1) is 36.6 Å². The monoisotopic (exact) mass is 874 g/mol. The molecule has 2 aromatic rings. The van der Waals surface area contributed by atoms with E-state index in [9.17, 15) is 34.5 Å². The number of aliphatic hydroxyl groups is 1. The number of nitrogen functional groups attached to an aromatic ring is 1. The largest absolute Gasteiger partial charge is 0.481 e. The van der Waals surface area contributed by atoms with Crippen molar-refractivity contribution in [2.75, 3.05) is 32.5 Å². The summed E-state index contributed by atoms with van der Waals surface area (Å²) in [6.45, 7) is 17.9. The van der Waals surface area contributed by atoms with Crippen LogP contribution in [0.4, 0.5) is 10.5 Å². The number of Topliss-reactive ketones (excluding diaryl/α,β-unsaturated/α-hetero) is 1. The van der Waals surface area contributed by atoms with Crippen LogP contribution in [0.15, 0.2) is 30.5 Å². The Labute approximate surface area is 365 Å². The Morgan fingerprint density at radius 2 is 1.82 bits per heavy atom. The SMILES string of the molecule is CC[C@@H](C)[C@@]1(C)OC(=O)N(CCCCn2cc(-c3cccc(N)c3)nn2)[C@@H]1[C@@H](C)NC[C@H](C)C[C@@](C)(OC)[C@H](O[C@@H]1OC(C)CC(NCC(=O)O)C1O)[C@@H](C)C(=O)[C@@H](C)C(=O)O. The standard InChI is InChI=1S/C44H71N7O11/c1-11-26(3)44(9)38(51(42(58)62-44)18-13-12-17-50-24-34(48-49-50)31-15-14-16-32(45)20-31)30(7)46-22-25(2)21-43(8,59-10)39(28(5)36(54)29(6)40(56)57)61-41-37(55)33(19-27(4)60-41)47-23-35(52)53/h14-16,20,24-30,33,37-39,41,46-47,55H,11-13,17-19,21-23,45H2,1-10H3,(H,52,53)(H,56,57)/t25-,26-,27?,28+,29-,30-,33?,37?,38-,39-,41+,43-,44-/m1/s1. The van der Waals surface area contributed by atoms with Gasteiger partial charge in [0.1, 0.15) is 23.3 Å². The zero-order valence-electron chi connectivity index (χ0n) is 38.1. The molecule has 2 aliphatic heterocycles. The average Bonchev–Trinajstić information content (AvgIpc) is 3.81. The summed E-state index contributed by atoms with van der Waals surface area (Å²) >= 11 is 0. The summed E-state index contributed by atoms with van der Waals surface area (Å²) in [5, 5.41) is 45.4. The van der Waals surface area contributed by atoms with Crippen molar-refractivity contribution in [3.8, 4) is 11.3 Å². The number of nitrogens with zero attached hydrogens (tertiary/aromatic N) is 4. The molecule has 0 bridgehead atoms. The van der Waals surface area contributed by atoms with Gasteiger partial charge in [-0.1, -0.05) is 45.0 Å². The molecule has 3 unspecified atom stereocenters. The average molecular weight is 874 g/mol. The molecule has 2 saturated heterocycles. The maximum atomic E-state index is 13.6. The molecular weight excluding hydrogens is 803 g/mol. The highest BCUT2D eigenvalue weighted by Crippen LogP contribution is 2.40. The molecule has 62 heavy (non-hydrogen) atoms. The number of rotatable bonds is 25. The number of ether oxygens (including phenoxy) is 4. The van der Waals surface area contributed by atoms with Gasteiger partial charge in [-0.2, -0.15) is 0 Å². The Bertz CT molecular complexity index is 1810. The zero-order valence-corrected chi connectivity index (χ0v) is 38.1. The van der Waals surface area contributed by atoms with Crippen LogP contribution in [0.1, 0.15) is 94.4 Å². The van der Waals surface area contributed by atoms with Crippen LogP contribution in [-0.2, 0) is 39.9 Å². The molecule has 13 atom stereocenters.